The molecule has 3 aromatic carbocycles. The number of nitrogens with zero attached hydrogens (tertiary/aromatic N) is 2. The number of aromatic nitrogens is 2. The highest BCUT2D eigenvalue weighted by Crippen LogP contribution is 2.34. The van der Waals surface area contributed by atoms with E-state index in [0.717, 1.165) is 19.7 Å². The summed E-state index contributed by atoms with van der Waals surface area (Å²) < 4.78 is 45.3. The second-order valence-corrected chi connectivity index (χ2v) is 10.9. The third-order valence-electron chi connectivity index (χ3n) is 5.00. The first-order valence-electron chi connectivity index (χ1n) is 10.6. The summed E-state index contributed by atoms with van der Waals surface area (Å²) in [7, 11) is -1.24. The van der Waals surface area contributed by atoms with Crippen molar-refractivity contribution < 1.29 is 27.4 Å². The van der Waals surface area contributed by atoms with E-state index in [1.54, 1.807) is 6.07 Å². The molecule has 4 rings (SSSR count). The lowest BCUT2D eigenvalue weighted by atomic mass is 10.1. The lowest BCUT2D eigenvalue weighted by molar-refractivity contribution is -0.118. The molecule has 0 radical (unpaired) electrons. The molecule has 0 aliphatic rings. The molecule has 0 bridgehead atoms. The Kier molecular flexibility index (Phi) is 8.15. The van der Waals surface area contributed by atoms with Crippen LogP contribution in [-0.2, 0) is 14.8 Å². The van der Waals surface area contributed by atoms with E-state index in [9.17, 15) is 13.2 Å². The number of rotatable bonds is 9. The van der Waals surface area contributed by atoms with E-state index in [0.29, 0.717) is 11.4 Å². The van der Waals surface area contributed by atoms with Crippen LogP contribution in [0.15, 0.2) is 74.5 Å². The van der Waals surface area contributed by atoms with Crippen molar-refractivity contribution in [3.63, 3.8) is 0 Å². The van der Waals surface area contributed by atoms with Gasteiger partial charge in [-0.3, -0.25) is 9.52 Å². The number of carbonyl (C=O) groups excluding carboxylic acids is 1. The van der Waals surface area contributed by atoms with Crippen LogP contribution in [0.25, 0.3) is 10.8 Å². The smallest absolute Gasteiger partial charge is 0.321 e. The Hall–Kier alpha value is -3.42. The lowest BCUT2D eigenvalue weighted by Crippen LogP contribution is -2.20. The molecule has 37 heavy (non-hydrogen) atoms. The molecule has 0 aliphatic carbocycles. The van der Waals surface area contributed by atoms with Crippen molar-refractivity contribution in [3.8, 4) is 17.6 Å². The predicted molar refractivity (Wildman–Crippen MR) is 146 cm³/mol. The van der Waals surface area contributed by atoms with Crippen LogP contribution in [0, 0.1) is 0 Å². The maximum absolute atomic E-state index is 12.8. The van der Waals surface area contributed by atoms with Crippen molar-refractivity contribution >= 4 is 70.1 Å². The molecule has 1 amide bonds. The number of amides is 1. The number of nitrogens with one attached hydrogen (secondary N) is 2. The maximum Gasteiger partial charge on any atom is 0.321 e. The average molecular weight is 652 g/mol. The number of ether oxygens (including phenoxy) is 3. The van der Waals surface area contributed by atoms with E-state index in [4.69, 9.17) is 14.2 Å². The second-order valence-electron chi connectivity index (χ2n) is 7.49. The van der Waals surface area contributed by atoms with Gasteiger partial charge in [0.05, 0.1) is 23.6 Å². The topological polar surface area (TPSA) is 129 Å². The number of hydrogen-bond donors (Lipinski definition) is 2. The molecule has 0 aliphatic heterocycles. The Balaban J connectivity index is 1.39. The van der Waals surface area contributed by atoms with Crippen LogP contribution in [0.2, 0.25) is 0 Å². The zero-order valence-electron chi connectivity index (χ0n) is 19.5. The largest absolute Gasteiger partial charge is 0.483 e. The Morgan fingerprint density at radius 3 is 2.41 bits per heavy atom. The molecule has 1 heterocycles. The zero-order chi connectivity index (χ0) is 26.6. The molecule has 0 spiro atoms. The summed E-state index contributed by atoms with van der Waals surface area (Å²) in [6.07, 6.45) is 0. The van der Waals surface area contributed by atoms with Gasteiger partial charge in [-0.05, 0) is 69.2 Å². The number of carbonyl (C=O) groups is 1. The first-order chi connectivity index (χ1) is 17.7. The summed E-state index contributed by atoms with van der Waals surface area (Å²) >= 11 is 6.98. The minimum Gasteiger partial charge on any atom is -0.483 e. The Labute approximate surface area is 229 Å². The normalized spacial score (nSPS) is 11.1. The first-order valence-corrected chi connectivity index (χ1v) is 13.7. The molecule has 2 N–H and O–H groups in total. The van der Waals surface area contributed by atoms with E-state index >= 15 is 0 Å². The van der Waals surface area contributed by atoms with Gasteiger partial charge in [-0.25, -0.2) is 8.42 Å². The van der Waals surface area contributed by atoms with Crippen molar-refractivity contribution in [2.24, 2.45) is 0 Å². The van der Waals surface area contributed by atoms with Crippen LogP contribution in [-0.4, -0.2) is 45.1 Å². The molecule has 0 unspecified atom stereocenters. The van der Waals surface area contributed by atoms with Gasteiger partial charge >= 0.3 is 6.01 Å². The standard InChI is InChI=1S/C24H20Br2N4O6S/c1-34-22-12-20(28-24(29-22)35-2)30-37(32,33)17-7-5-16(6-8-17)27-21(31)13-36-19-10-3-14-11-15(25)4-9-18(14)23(19)26/h3-12H,13H2,1-2H3,(H,27,31)(H,28,29,30). The molecule has 0 atom stereocenters. The molecule has 0 saturated heterocycles. The molecule has 192 valence electrons. The predicted octanol–water partition coefficient (Wildman–Crippen LogP) is 4.99. The highest BCUT2D eigenvalue weighted by molar-refractivity contribution is 9.11. The molecular weight excluding hydrogens is 632 g/mol. The molecule has 4 aromatic rings. The van der Waals surface area contributed by atoms with Crippen molar-refractivity contribution in [2.75, 3.05) is 30.9 Å². The fraction of sp³-hybridized carbons (Fsp3) is 0.125. The van der Waals surface area contributed by atoms with Crippen molar-refractivity contribution in [1.29, 1.82) is 0 Å². The molecule has 0 fully saturated rings. The van der Waals surface area contributed by atoms with Gasteiger partial charge in [-0.1, -0.05) is 28.1 Å². The van der Waals surface area contributed by atoms with Crippen molar-refractivity contribution in [1.82, 2.24) is 9.97 Å². The van der Waals surface area contributed by atoms with E-state index in [1.165, 1.54) is 44.6 Å². The summed E-state index contributed by atoms with van der Waals surface area (Å²) in [5.41, 5.74) is 0.403. The van der Waals surface area contributed by atoms with Crippen LogP contribution in [0.3, 0.4) is 0 Å². The third kappa shape index (κ3) is 6.48. The third-order valence-corrected chi connectivity index (χ3v) is 7.68. The number of halogens is 2. The van der Waals surface area contributed by atoms with E-state index < -0.39 is 15.9 Å². The van der Waals surface area contributed by atoms with Crippen LogP contribution < -0.4 is 24.2 Å². The minimum absolute atomic E-state index is 0.0225. The fourth-order valence-corrected chi connectivity index (χ4v) is 5.24. The number of benzene rings is 3. The monoisotopic (exact) mass is 650 g/mol. The van der Waals surface area contributed by atoms with Crippen LogP contribution >= 0.6 is 31.9 Å². The van der Waals surface area contributed by atoms with Crippen LogP contribution in [0.1, 0.15) is 0 Å². The van der Waals surface area contributed by atoms with Crippen molar-refractivity contribution in [3.05, 3.63) is 69.6 Å². The first kappa shape index (κ1) is 26.6. The van der Waals surface area contributed by atoms with E-state index in [1.807, 2.05) is 24.3 Å². The fourth-order valence-electron chi connectivity index (χ4n) is 3.26. The van der Waals surface area contributed by atoms with Crippen molar-refractivity contribution in [2.45, 2.75) is 4.90 Å². The van der Waals surface area contributed by atoms with Gasteiger partial charge in [0.15, 0.2) is 12.4 Å². The number of anilines is 2. The maximum atomic E-state index is 12.8. The van der Waals surface area contributed by atoms with Gasteiger partial charge in [0, 0.05) is 16.2 Å². The SMILES string of the molecule is COc1cc(NS(=O)(=O)c2ccc(NC(=O)COc3ccc4cc(Br)ccc4c3Br)cc2)nc(OC)n1. The molecule has 10 nitrogen and oxygen atoms in total. The summed E-state index contributed by atoms with van der Waals surface area (Å²) in [5.74, 6) is 0.228. The highest BCUT2D eigenvalue weighted by atomic mass is 79.9. The Bertz CT molecular complexity index is 1540. The van der Waals surface area contributed by atoms with Crippen LogP contribution in [0.5, 0.6) is 17.6 Å². The van der Waals surface area contributed by atoms with E-state index in [2.05, 4.69) is 51.9 Å². The Morgan fingerprint density at radius 1 is 0.946 bits per heavy atom. The number of sulfonamides is 1. The summed E-state index contributed by atoms with van der Waals surface area (Å²) in [6.45, 7) is -0.236. The molecule has 0 saturated carbocycles. The van der Waals surface area contributed by atoms with Gasteiger partial charge in [0.2, 0.25) is 5.88 Å². The highest BCUT2D eigenvalue weighted by Gasteiger charge is 2.17. The van der Waals surface area contributed by atoms with Gasteiger partial charge in [-0.15, -0.1) is 0 Å². The molecular formula is C24H20Br2N4O6S. The molecule has 1 aromatic heterocycles. The van der Waals surface area contributed by atoms with Gasteiger partial charge in [0.1, 0.15) is 5.75 Å². The lowest BCUT2D eigenvalue weighted by Gasteiger charge is -2.12. The number of hydrogen-bond acceptors (Lipinski definition) is 8. The Morgan fingerprint density at radius 2 is 1.70 bits per heavy atom. The molecule has 13 heteroatoms. The van der Waals surface area contributed by atoms with Crippen LogP contribution in [0.4, 0.5) is 11.5 Å². The zero-order valence-corrected chi connectivity index (χ0v) is 23.5. The summed E-state index contributed by atoms with van der Waals surface area (Å²) in [6, 6.07) is 16.4. The summed E-state index contributed by atoms with van der Waals surface area (Å²) in [5, 5.41) is 4.64. The van der Waals surface area contributed by atoms with Gasteiger partial charge < -0.3 is 19.5 Å². The van der Waals surface area contributed by atoms with Gasteiger partial charge in [0.25, 0.3) is 15.9 Å². The summed E-state index contributed by atoms with van der Waals surface area (Å²) in [4.78, 5) is 20.3. The average Bonchev–Trinajstić information content (AvgIpc) is 2.88. The van der Waals surface area contributed by atoms with E-state index in [-0.39, 0.29) is 29.2 Å². The number of methoxy groups -OCH3 is 2. The van der Waals surface area contributed by atoms with Gasteiger partial charge in [-0.2, -0.15) is 9.97 Å². The number of fused-ring (bicyclic) bond motifs is 1. The quantitative estimate of drug-likeness (QED) is 0.259. The second kappa shape index (κ2) is 11.3. The minimum atomic E-state index is -3.98.